The van der Waals surface area contributed by atoms with Gasteiger partial charge in [-0.25, -0.2) is 4.79 Å². The Hall–Kier alpha value is -1.59. The Bertz CT molecular complexity index is 514. The molecule has 3 rings (SSSR count). The molecule has 1 unspecified atom stereocenters. The van der Waals surface area contributed by atoms with Gasteiger partial charge in [-0.1, -0.05) is 44.9 Å². The standard InChI is InChI=1S/C19H31N3O3/c1-20-18(24)16-12-17(23)22(16)19(25)21-11-7-10-15(13-21)14-8-5-3-2-4-6-9-14/h14-16H,2-13H2,1H3,(H,20,24)/t15?,16-/m0/s1. The van der Waals surface area contributed by atoms with Crippen LogP contribution in [0.15, 0.2) is 0 Å². The first kappa shape index (κ1) is 18.2. The minimum atomic E-state index is -0.619. The van der Waals surface area contributed by atoms with Crippen LogP contribution in [0.25, 0.3) is 0 Å². The van der Waals surface area contributed by atoms with Crippen LogP contribution in [0.5, 0.6) is 0 Å². The smallest absolute Gasteiger partial charge is 0.327 e. The second-order valence-electron chi connectivity index (χ2n) is 7.83. The molecule has 140 valence electrons. The molecule has 2 aliphatic heterocycles. The van der Waals surface area contributed by atoms with E-state index >= 15 is 0 Å². The monoisotopic (exact) mass is 349 g/mol. The van der Waals surface area contributed by atoms with Crippen LogP contribution in [0.4, 0.5) is 4.79 Å². The van der Waals surface area contributed by atoms with Gasteiger partial charge in [0.2, 0.25) is 11.8 Å². The minimum absolute atomic E-state index is 0.144. The quantitative estimate of drug-likeness (QED) is 0.779. The summed E-state index contributed by atoms with van der Waals surface area (Å²) < 4.78 is 0. The van der Waals surface area contributed by atoms with Gasteiger partial charge in [-0.2, -0.15) is 0 Å². The highest BCUT2D eigenvalue weighted by atomic mass is 16.2. The largest absolute Gasteiger partial charge is 0.357 e. The number of likely N-dealkylation sites (N-methyl/N-ethyl adjacent to an activating group) is 1. The summed E-state index contributed by atoms with van der Waals surface area (Å²) in [7, 11) is 1.54. The Kier molecular flexibility index (Phi) is 5.97. The van der Waals surface area contributed by atoms with Gasteiger partial charge < -0.3 is 10.2 Å². The summed E-state index contributed by atoms with van der Waals surface area (Å²) in [6.45, 7) is 1.44. The maximum Gasteiger partial charge on any atom is 0.327 e. The topological polar surface area (TPSA) is 69.7 Å². The number of carbonyl (C=O) groups is 3. The van der Waals surface area contributed by atoms with E-state index in [-0.39, 0.29) is 24.3 Å². The third-order valence-electron chi connectivity index (χ3n) is 6.25. The zero-order chi connectivity index (χ0) is 17.8. The third kappa shape index (κ3) is 3.98. The normalized spacial score (nSPS) is 28.8. The first-order valence-electron chi connectivity index (χ1n) is 9.94. The minimum Gasteiger partial charge on any atom is -0.357 e. The Morgan fingerprint density at radius 3 is 2.24 bits per heavy atom. The summed E-state index contributed by atoms with van der Waals surface area (Å²) in [5, 5.41) is 2.55. The van der Waals surface area contributed by atoms with E-state index in [0.717, 1.165) is 13.0 Å². The van der Waals surface area contributed by atoms with Crippen LogP contribution < -0.4 is 5.32 Å². The number of imide groups is 1. The number of carbonyl (C=O) groups excluding carboxylic acids is 3. The van der Waals surface area contributed by atoms with Crippen molar-refractivity contribution in [1.29, 1.82) is 0 Å². The van der Waals surface area contributed by atoms with E-state index < -0.39 is 6.04 Å². The lowest BCUT2D eigenvalue weighted by molar-refractivity contribution is -0.149. The number of nitrogens with zero attached hydrogens (tertiary/aromatic N) is 2. The van der Waals surface area contributed by atoms with Gasteiger partial charge in [0.15, 0.2) is 0 Å². The first-order valence-corrected chi connectivity index (χ1v) is 9.94. The zero-order valence-electron chi connectivity index (χ0n) is 15.3. The van der Waals surface area contributed by atoms with Crippen molar-refractivity contribution in [2.24, 2.45) is 11.8 Å². The van der Waals surface area contributed by atoms with Crippen LogP contribution in [0.2, 0.25) is 0 Å². The van der Waals surface area contributed by atoms with Crippen LogP contribution >= 0.6 is 0 Å². The summed E-state index contributed by atoms with van der Waals surface area (Å²) in [5.41, 5.74) is 0. The number of hydrogen-bond acceptors (Lipinski definition) is 3. The summed E-state index contributed by atoms with van der Waals surface area (Å²) in [4.78, 5) is 39.6. The lowest BCUT2D eigenvalue weighted by atomic mass is 9.78. The third-order valence-corrected chi connectivity index (χ3v) is 6.25. The summed E-state index contributed by atoms with van der Waals surface area (Å²) in [5.74, 6) is 0.775. The molecule has 4 amide bonds. The van der Waals surface area contributed by atoms with Crippen LogP contribution in [0, 0.1) is 11.8 Å². The fourth-order valence-electron chi connectivity index (χ4n) is 4.71. The molecular weight excluding hydrogens is 318 g/mol. The molecule has 0 aromatic carbocycles. The number of rotatable bonds is 2. The van der Waals surface area contributed by atoms with Gasteiger partial charge >= 0.3 is 6.03 Å². The Balaban J connectivity index is 1.61. The van der Waals surface area contributed by atoms with Crippen molar-refractivity contribution >= 4 is 17.8 Å². The lowest BCUT2D eigenvalue weighted by Gasteiger charge is -2.43. The van der Waals surface area contributed by atoms with Crippen molar-refractivity contribution in [1.82, 2.24) is 15.1 Å². The molecule has 0 bridgehead atoms. The predicted octanol–water partition coefficient (Wildman–Crippen LogP) is 2.53. The molecule has 2 saturated heterocycles. The van der Waals surface area contributed by atoms with Gasteiger partial charge in [0, 0.05) is 20.1 Å². The molecule has 0 radical (unpaired) electrons. The molecule has 6 heteroatoms. The Labute approximate surface area is 150 Å². The van der Waals surface area contributed by atoms with Crippen molar-refractivity contribution < 1.29 is 14.4 Å². The number of urea groups is 1. The van der Waals surface area contributed by atoms with Crippen molar-refractivity contribution in [2.75, 3.05) is 20.1 Å². The highest BCUT2D eigenvalue weighted by Gasteiger charge is 2.47. The summed E-state index contributed by atoms with van der Waals surface area (Å²) in [6, 6.07) is -0.882. The van der Waals surface area contributed by atoms with E-state index in [2.05, 4.69) is 5.32 Å². The van der Waals surface area contributed by atoms with Crippen molar-refractivity contribution in [2.45, 2.75) is 70.3 Å². The van der Waals surface area contributed by atoms with Gasteiger partial charge in [0.25, 0.3) is 0 Å². The van der Waals surface area contributed by atoms with Crippen LogP contribution in [0.3, 0.4) is 0 Å². The molecule has 1 saturated carbocycles. The average Bonchev–Trinajstić information content (AvgIpc) is 2.58. The van der Waals surface area contributed by atoms with Gasteiger partial charge in [0.05, 0.1) is 6.42 Å². The fourth-order valence-corrected chi connectivity index (χ4v) is 4.71. The van der Waals surface area contributed by atoms with Gasteiger partial charge in [-0.05, 0) is 24.7 Å². The number of β-lactam (4-membered cyclic amide) rings is 1. The number of hydrogen-bond donors (Lipinski definition) is 1. The van der Waals surface area contributed by atoms with E-state index in [1.165, 1.54) is 56.3 Å². The van der Waals surface area contributed by atoms with Crippen molar-refractivity contribution in [3.63, 3.8) is 0 Å². The van der Waals surface area contributed by atoms with E-state index in [1.54, 1.807) is 7.05 Å². The number of likely N-dealkylation sites (tertiary alicyclic amines) is 2. The maximum absolute atomic E-state index is 12.8. The summed E-state index contributed by atoms with van der Waals surface area (Å²) >= 11 is 0. The molecule has 0 spiro atoms. The predicted molar refractivity (Wildman–Crippen MR) is 94.8 cm³/mol. The molecule has 3 fully saturated rings. The molecule has 0 aromatic heterocycles. The molecule has 2 atom stereocenters. The van der Waals surface area contributed by atoms with Crippen LogP contribution in [0.1, 0.15) is 64.2 Å². The Morgan fingerprint density at radius 2 is 1.60 bits per heavy atom. The first-order chi connectivity index (χ1) is 12.1. The highest BCUT2D eigenvalue weighted by molar-refractivity contribution is 6.07. The fraction of sp³-hybridized carbons (Fsp3) is 0.842. The molecule has 0 aromatic rings. The van der Waals surface area contributed by atoms with E-state index in [9.17, 15) is 14.4 Å². The summed E-state index contributed by atoms with van der Waals surface area (Å²) in [6.07, 6.45) is 11.5. The number of amides is 4. The molecule has 2 heterocycles. The molecule has 3 aliphatic rings. The second kappa shape index (κ2) is 8.19. The van der Waals surface area contributed by atoms with Crippen molar-refractivity contribution in [3.8, 4) is 0 Å². The van der Waals surface area contributed by atoms with E-state index in [4.69, 9.17) is 0 Å². The molecule has 25 heavy (non-hydrogen) atoms. The van der Waals surface area contributed by atoms with Crippen LogP contribution in [-0.2, 0) is 9.59 Å². The van der Waals surface area contributed by atoms with Crippen molar-refractivity contribution in [3.05, 3.63) is 0 Å². The number of nitrogens with one attached hydrogen (secondary N) is 1. The molecule has 1 aliphatic carbocycles. The highest BCUT2D eigenvalue weighted by Crippen LogP contribution is 2.34. The van der Waals surface area contributed by atoms with Crippen LogP contribution in [-0.4, -0.2) is 53.8 Å². The van der Waals surface area contributed by atoms with Gasteiger partial charge in [0.1, 0.15) is 6.04 Å². The zero-order valence-corrected chi connectivity index (χ0v) is 15.3. The SMILES string of the molecule is CNC(=O)[C@@H]1CC(=O)N1C(=O)N1CCCC(C2CCCCCCC2)C1. The second-order valence-corrected chi connectivity index (χ2v) is 7.83. The average molecular weight is 349 g/mol. The molecule has 6 nitrogen and oxygen atoms in total. The van der Waals surface area contributed by atoms with E-state index in [1.807, 2.05) is 4.90 Å². The Morgan fingerprint density at radius 1 is 0.960 bits per heavy atom. The molecule has 1 N–H and O–H groups in total. The van der Waals surface area contributed by atoms with Gasteiger partial charge in [-0.3, -0.25) is 14.5 Å². The lowest BCUT2D eigenvalue weighted by Crippen LogP contribution is -2.64. The van der Waals surface area contributed by atoms with Gasteiger partial charge in [-0.15, -0.1) is 0 Å². The maximum atomic E-state index is 12.8. The van der Waals surface area contributed by atoms with E-state index in [0.29, 0.717) is 18.4 Å². The molecular formula is C19H31N3O3. The number of piperidine rings is 1.